The highest BCUT2D eigenvalue weighted by atomic mass is 31.2. The van der Waals surface area contributed by atoms with Crippen molar-refractivity contribution in [3.63, 3.8) is 0 Å². The summed E-state index contributed by atoms with van der Waals surface area (Å²) in [6.45, 7) is 0. The zero-order valence-corrected chi connectivity index (χ0v) is 37.8. The van der Waals surface area contributed by atoms with E-state index in [0.29, 0.717) is 53.2 Å². The Balaban J connectivity index is 1.84. The normalized spacial score (nSPS) is 12.9. The van der Waals surface area contributed by atoms with E-state index in [1.165, 1.54) is 28.2 Å². The van der Waals surface area contributed by atoms with Gasteiger partial charge in [-0.1, -0.05) is 46.0 Å². The third-order valence-corrected chi connectivity index (χ3v) is 13.0. The maximum absolute atomic E-state index is 15.1. The summed E-state index contributed by atoms with van der Waals surface area (Å²) in [5.74, 6) is -6.50. The van der Waals surface area contributed by atoms with Gasteiger partial charge in [0.15, 0.2) is 5.75 Å². The molecule has 0 aliphatic carbocycles. The zero-order valence-electron chi connectivity index (χ0n) is 36.9. The highest BCUT2D eigenvalue weighted by Crippen LogP contribution is 2.62. The van der Waals surface area contributed by atoms with Gasteiger partial charge in [-0.2, -0.15) is 52.7 Å². The quantitative estimate of drug-likeness (QED) is 0.0384. The summed E-state index contributed by atoms with van der Waals surface area (Å²) in [6, 6.07) is 18.7. The predicted octanol–water partition coefficient (Wildman–Crippen LogP) is 14.0. The van der Waals surface area contributed by atoms with E-state index in [1.54, 1.807) is 0 Å². The van der Waals surface area contributed by atoms with Crippen molar-refractivity contribution in [2.75, 3.05) is 28.2 Å². The van der Waals surface area contributed by atoms with Gasteiger partial charge < -0.3 is 28.5 Å². The first-order chi connectivity index (χ1) is 33.1. The van der Waals surface area contributed by atoms with Crippen LogP contribution in [0.4, 0.5) is 61.5 Å². The zero-order chi connectivity index (χ0) is 52.2. The molecule has 0 atom stereocenters. The van der Waals surface area contributed by atoms with Crippen molar-refractivity contribution in [3.8, 4) is 34.5 Å². The number of benzene rings is 6. The van der Waals surface area contributed by atoms with Crippen molar-refractivity contribution >= 4 is 7.51 Å². The highest BCUT2D eigenvalue weighted by Gasteiger charge is 2.62. The molecule has 0 heterocycles. The minimum Gasteiger partial charge on any atom is -0.441 e. The van der Waals surface area contributed by atoms with Crippen LogP contribution >= 0.6 is 7.51 Å². The summed E-state index contributed by atoms with van der Waals surface area (Å²) in [6.07, 6.45) is -26.8. The molecule has 380 valence electrons. The Bertz CT molecular complexity index is 2640. The van der Waals surface area contributed by atoms with E-state index in [-0.39, 0.29) is 0 Å². The van der Waals surface area contributed by atoms with E-state index in [1.807, 2.05) is 0 Å². The fraction of sp³-hybridized carbons (Fsp3) is 0.217. The van der Waals surface area contributed by atoms with E-state index in [0.717, 1.165) is 106 Å². The second kappa shape index (κ2) is 20.9. The van der Waals surface area contributed by atoms with Gasteiger partial charge in [-0.05, 0) is 125 Å². The summed E-state index contributed by atoms with van der Waals surface area (Å²) in [4.78, 5) is 10.1. The number of hydrogen-bond donors (Lipinski definition) is 0. The largest absolute Gasteiger partial charge is 0.507 e. The number of rotatable bonds is 17. The van der Waals surface area contributed by atoms with Crippen LogP contribution < -0.4 is 28.5 Å². The van der Waals surface area contributed by atoms with Crippen LogP contribution in [-0.4, -0.2) is 54.7 Å². The summed E-state index contributed by atoms with van der Waals surface area (Å²) >= 11 is 0. The molecular formula is C46H37F14N4O6P. The summed E-state index contributed by atoms with van der Waals surface area (Å²) in [5, 5.41) is 0. The van der Waals surface area contributed by atoms with Crippen molar-refractivity contribution in [1.29, 1.82) is 0 Å². The topological polar surface area (TPSA) is 77.5 Å². The molecule has 6 aromatic rings. The third kappa shape index (κ3) is 13.2. The third-order valence-electron chi connectivity index (χ3n) is 9.55. The van der Waals surface area contributed by atoms with E-state index in [4.69, 9.17) is 28.5 Å². The molecular weight excluding hydrogens is 1000 g/mol. The van der Waals surface area contributed by atoms with Gasteiger partial charge in [0.1, 0.15) is 40.4 Å². The SMILES string of the molecule is CN(C)P(=NOc1cccc(C(F)(F)F)c1)(N(C)C)N(C(Oc1cccc(F)c1)Oc1cccc(F)c1)C(Oc1cccc(C(F)(F)F)c1)(Oc1cccc(C(F)(F)F)c1)Oc1cccc(C(F)(F)F)c1. The first-order valence-corrected chi connectivity index (χ1v) is 21.7. The second-order valence-electron chi connectivity index (χ2n) is 15.1. The molecule has 0 unspecified atom stereocenters. The van der Waals surface area contributed by atoms with Crippen molar-refractivity contribution in [3.05, 3.63) is 179 Å². The Kier molecular flexibility index (Phi) is 15.8. The van der Waals surface area contributed by atoms with Crippen molar-refractivity contribution in [2.45, 2.75) is 37.2 Å². The Morgan fingerprint density at radius 2 is 0.704 bits per heavy atom. The van der Waals surface area contributed by atoms with Gasteiger partial charge in [0, 0.05) is 12.1 Å². The molecule has 71 heavy (non-hydrogen) atoms. The average molecular weight is 1040 g/mol. The van der Waals surface area contributed by atoms with Gasteiger partial charge in [-0.25, -0.2) is 18.1 Å². The summed E-state index contributed by atoms with van der Waals surface area (Å²) < 4.78 is 236. The predicted molar refractivity (Wildman–Crippen MR) is 227 cm³/mol. The number of ether oxygens (including phenoxy) is 5. The summed E-state index contributed by atoms with van der Waals surface area (Å²) in [5.41, 5.74) is -5.56. The maximum atomic E-state index is 15.1. The molecule has 0 aromatic heterocycles. The van der Waals surface area contributed by atoms with Crippen LogP contribution in [-0.2, 0) is 24.7 Å². The second-order valence-corrected chi connectivity index (χ2v) is 18.4. The lowest BCUT2D eigenvalue weighted by molar-refractivity contribution is -0.353. The lowest BCUT2D eigenvalue weighted by Crippen LogP contribution is -2.67. The van der Waals surface area contributed by atoms with Crippen molar-refractivity contribution in [1.82, 2.24) is 14.0 Å². The lowest BCUT2D eigenvalue weighted by atomic mass is 10.2. The molecule has 0 N–H and O–H groups in total. The van der Waals surface area contributed by atoms with Gasteiger partial charge in [-0.15, -0.1) is 0 Å². The Labute approximate surface area is 395 Å². The molecule has 0 aliphatic rings. The fourth-order valence-electron chi connectivity index (χ4n) is 6.47. The van der Waals surface area contributed by atoms with Gasteiger partial charge in [0.05, 0.1) is 22.3 Å². The standard InChI is InChI=1S/C46H37F14N4O6P/c1-62(2)71(63(3)4,61-70-40-22-8-14-32(26-40)45(58,59)60)64(41(65-35-17-9-15-33(47)27-35)66-36-18-10-16-34(48)28-36)46(67-37-19-5-11-29(23-37)42(49,50)51,68-38-20-6-12-30(24-38)43(52,53)54)69-39-21-7-13-31(25-39)44(55,56)57/h5-28,41H,1-4H3. The minimum atomic E-state index is -5.15. The first-order valence-electron chi connectivity index (χ1n) is 20.1. The van der Waals surface area contributed by atoms with Crippen LogP contribution in [0.3, 0.4) is 0 Å². The van der Waals surface area contributed by atoms with Gasteiger partial charge >= 0.3 is 37.2 Å². The molecule has 0 aliphatic heterocycles. The van der Waals surface area contributed by atoms with E-state index in [2.05, 4.69) is 4.91 Å². The molecule has 0 fully saturated rings. The molecule has 0 saturated heterocycles. The van der Waals surface area contributed by atoms with Crippen LogP contribution in [0.1, 0.15) is 22.3 Å². The number of nitrogens with zero attached hydrogens (tertiary/aromatic N) is 4. The highest BCUT2D eigenvalue weighted by molar-refractivity contribution is 7.59. The van der Waals surface area contributed by atoms with Gasteiger partial charge in [-0.3, -0.25) is 0 Å². The number of hydrogen-bond acceptors (Lipinski definition) is 7. The maximum Gasteiger partial charge on any atom is 0.507 e. The van der Waals surface area contributed by atoms with Crippen LogP contribution in [0, 0.1) is 11.6 Å². The Hall–Kier alpha value is -6.75. The lowest BCUT2D eigenvalue weighted by Gasteiger charge is -2.50. The van der Waals surface area contributed by atoms with Gasteiger partial charge in [0.25, 0.3) is 0 Å². The minimum absolute atomic E-state index is 0.343. The number of alkyl halides is 12. The Morgan fingerprint density at radius 3 is 1.01 bits per heavy atom. The van der Waals surface area contributed by atoms with Crippen molar-refractivity contribution < 1.29 is 90.0 Å². The molecule has 0 spiro atoms. The molecule has 6 aromatic carbocycles. The molecule has 0 radical (unpaired) electrons. The van der Waals surface area contributed by atoms with E-state index < -0.39 is 113 Å². The van der Waals surface area contributed by atoms with Crippen LogP contribution in [0.25, 0.3) is 0 Å². The van der Waals surface area contributed by atoms with E-state index >= 15 is 8.78 Å². The summed E-state index contributed by atoms with van der Waals surface area (Å²) in [7, 11) is 0.00388. The molecule has 0 amide bonds. The number of halogens is 14. The molecule has 0 saturated carbocycles. The molecule has 0 bridgehead atoms. The van der Waals surface area contributed by atoms with E-state index in [9.17, 15) is 52.7 Å². The average Bonchev–Trinajstić information content (AvgIpc) is 3.26. The fourth-order valence-corrected chi connectivity index (χ4v) is 9.33. The van der Waals surface area contributed by atoms with Crippen LogP contribution in [0.2, 0.25) is 0 Å². The van der Waals surface area contributed by atoms with Crippen molar-refractivity contribution in [2.24, 2.45) is 4.91 Å². The monoisotopic (exact) mass is 1040 g/mol. The smallest absolute Gasteiger partial charge is 0.441 e. The van der Waals surface area contributed by atoms with Crippen LogP contribution in [0.5, 0.6) is 34.5 Å². The molecule has 10 nitrogen and oxygen atoms in total. The molecule has 25 heteroatoms. The van der Waals surface area contributed by atoms with Gasteiger partial charge in [0.2, 0.25) is 7.51 Å². The van der Waals surface area contributed by atoms with Crippen LogP contribution in [0.15, 0.2) is 151 Å². The molecule has 6 rings (SSSR count). The first kappa shape index (κ1) is 53.6. The Morgan fingerprint density at radius 1 is 0.408 bits per heavy atom.